The van der Waals surface area contributed by atoms with Crippen molar-refractivity contribution in [1.82, 2.24) is 0 Å². The molecule has 6 heteroatoms. The first kappa shape index (κ1) is 18.0. The highest BCUT2D eigenvalue weighted by Crippen LogP contribution is 2.22. The van der Waals surface area contributed by atoms with Crippen molar-refractivity contribution in [1.29, 1.82) is 0 Å². The van der Waals surface area contributed by atoms with Crippen molar-refractivity contribution in [2.45, 2.75) is 13.0 Å². The largest absolute Gasteiger partial charge is 0.479 e. The third-order valence-electron chi connectivity index (χ3n) is 3.18. The molecule has 0 aromatic heterocycles. The number of hydrogen-bond acceptors (Lipinski definition) is 3. The van der Waals surface area contributed by atoms with E-state index in [0.29, 0.717) is 26.9 Å². The van der Waals surface area contributed by atoms with Crippen molar-refractivity contribution in [2.24, 2.45) is 0 Å². The van der Waals surface area contributed by atoms with Crippen molar-refractivity contribution in [3.63, 3.8) is 0 Å². The highest BCUT2D eigenvalue weighted by atomic mass is 35.5. The summed E-state index contributed by atoms with van der Waals surface area (Å²) in [5, 5.41) is 9.78. The van der Waals surface area contributed by atoms with E-state index in [4.69, 9.17) is 33.0 Å². The van der Waals surface area contributed by atoms with E-state index in [1.165, 1.54) is 13.0 Å². The van der Waals surface area contributed by atoms with Crippen LogP contribution in [0.25, 0.3) is 6.08 Å². The van der Waals surface area contributed by atoms with Crippen molar-refractivity contribution >= 4 is 41.0 Å². The van der Waals surface area contributed by atoms with E-state index in [0.717, 1.165) is 0 Å². The molecule has 124 valence electrons. The van der Waals surface area contributed by atoms with E-state index < -0.39 is 12.1 Å². The zero-order chi connectivity index (χ0) is 17.7. The summed E-state index contributed by atoms with van der Waals surface area (Å²) in [4.78, 5) is 22.9. The molecule has 1 atom stereocenters. The van der Waals surface area contributed by atoms with E-state index in [-0.39, 0.29) is 5.78 Å². The summed E-state index contributed by atoms with van der Waals surface area (Å²) < 4.78 is 5.21. The first-order chi connectivity index (χ1) is 11.4. The normalized spacial score (nSPS) is 12.1. The zero-order valence-electron chi connectivity index (χ0n) is 12.7. The van der Waals surface area contributed by atoms with Crippen LogP contribution < -0.4 is 4.74 Å². The van der Waals surface area contributed by atoms with Crippen LogP contribution >= 0.6 is 23.2 Å². The maximum Gasteiger partial charge on any atom is 0.344 e. The molecule has 4 nitrogen and oxygen atoms in total. The van der Waals surface area contributed by atoms with Crippen LogP contribution in [0.3, 0.4) is 0 Å². The molecule has 0 fully saturated rings. The minimum absolute atomic E-state index is 0.209. The number of carbonyl (C=O) groups is 2. The summed E-state index contributed by atoms with van der Waals surface area (Å²) in [5.41, 5.74) is 1.14. The molecule has 0 saturated carbocycles. The van der Waals surface area contributed by atoms with Gasteiger partial charge < -0.3 is 9.84 Å². The van der Waals surface area contributed by atoms with E-state index in [2.05, 4.69) is 0 Å². The summed E-state index contributed by atoms with van der Waals surface area (Å²) in [6, 6.07) is 11.3. The molecule has 0 bridgehead atoms. The first-order valence-electron chi connectivity index (χ1n) is 7.04. The average Bonchev–Trinajstić information content (AvgIpc) is 2.54. The van der Waals surface area contributed by atoms with Gasteiger partial charge in [0.25, 0.3) is 0 Å². The lowest BCUT2D eigenvalue weighted by Crippen LogP contribution is -2.22. The molecule has 0 radical (unpaired) electrons. The number of ether oxygens (including phenoxy) is 1. The van der Waals surface area contributed by atoms with Crippen LogP contribution in [0.15, 0.2) is 48.5 Å². The predicted molar refractivity (Wildman–Crippen MR) is 94.0 cm³/mol. The van der Waals surface area contributed by atoms with Gasteiger partial charge in [-0.05, 0) is 61.0 Å². The van der Waals surface area contributed by atoms with Gasteiger partial charge in [0.2, 0.25) is 0 Å². The minimum atomic E-state index is -1.06. The number of carboxylic acid groups (broad SMARTS) is 1. The Labute approximate surface area is 149 Å². The molecule has 24 heavy (non-hydrogen) atoms. The van der Waals surface area contributed by atoms with Gasteiger partial charge in [0.15, 0.2) is 11.9 Å². The topological polar surface area (TPSA) is 63.6 Å². The van der Waals surface area contributed by atoms with Crippen LogP contribution in [-0.2, 0) is 4.79 Å². The number of benzene rings is 2. The molecule has 2 rings (SSSR count). The minimum Gasteiger partial charge on any atom is -0.479 e. The van der Waals surface area contributed by atoms with Gasteiger partial charge in [-0.25, -0.2) is 4.79 Å². The molecule has 0 aliphatic carbocycles. The van der Waals surface area contributed by atoms with E-state index in [1.54, 1.807) is 48.5 Å². The maximum atomic E-state index is 12.1. The Kier molecular flexibility index (Phi) is 6.01. The summed E-state index contributed by atoms with van der Waals surface area (Å²) in [7, 11) is 0. The number of allylic oxidation sites excluding steroid dienone is 1. The van der Waals surface area contributed by atoms with Crippen LogP contribution in [0, 0.1) is 0 Å². The number of rotatable bonds is 6. The van der Waals surface area contributed by atoms with E-state index >= 15 is 0 Å². The second-order valence-electron chi connectivity index (χ2n) is 4.99. The van der Waals surface area contributed by atoms with Gasteiger partial charge >= 0.3 is 5.97 Å². The lowest BCUT2D eigenvalue weighted by Gasteiger charge is -2.10. The molecular formula is C18H14Cl2O4. The van der Waals surface area contributed by atoms with Gasteiger partial charge in [-0.3, -0.25) is 4.79 Å². The summed E-state index contributed by atoms with van der Waals surface area (Å²) >= 11 is 11.9. The summed E-state index contributed by atoms with van der Waals surface area (Å²) in [5.74, 6) is -0.886. The van der Waals surface area contributed by atoms with E-state index in [9.17, 15) is 9.59 Å². The third-order valence-corrected chi connectivity index (χ3v) is 3.74. The van der Waals surface area contributed by atoms with Gasteiger partial charge in [0.1, 0.15) is 5.75 Å². The lowest BCUT2D eigenvalue weighted by atomic mass is 10.1. The second-order valence-corrected chi connectivity index (χ2v) is 5.83. The number of carbonyl (C=O) groups excluding carboxylic acids is 1. The van der Waals surface area contributed by atoms with Gasteiger partial charge in [-0.2, -0.15) is 0 Å². The number of hydrogen-bond donors (Lipinski definition) is 1. The van der Waals surface area contributed by atoms with Crippen LogP contribution in [0.4, 0.5) is 0 Å². The Bertz CT molecular complexity index is 782. The molecule has 2 aromatic carbocycles. The van der Waals surface area contributed by atoms with Gasteiger partial charge in [-0.1, -0.05) is 29.3 Å². The Morgan fingerprint density at radius 1 is 1.12 bits per heavy atom. The molecule has 0 saturated heterocycles. The average molecular weight is 365 g/mol. The first-order valence-corrected chi connectivity index (χ1v) is 7.79. The molecule has 2 aromatic rings. The molecular weight excluding hydrogens is 351 g/mol. The second kappa shape index (κ2) is 7.99. The highest BCUT2D eigenvalue weighted by molar-refractivity contribution is 6.35. The predicted octanol–water partition coefficient (Wildman–Crippen LogP) is 4.74. The van der Waals surface area contributed by atoms with Crippen molar-refractivity contribution in [3.8, 4) is 5.75 Å². The van der Waals surface area contributed by atoms with Gasteiger partial charge in [-0.15, -0.1) is 0 Å². The SMILES string of the molecule is C[C@H](Oc1ccc(C(=O)/C=C/c2ccc(Cl)cc2Cl)cc1)C(=O)O. The monoisotopic (exact) mass is 364 g/mol. The van der Waals surface area contributed by atoms with Crippen LogP contribution in [-0.4, -0.2) is 23.0 Å². The highest BCUT2D eigenvalue weighted by Gasteiger charge is 2.12. The molecule has 0 aliphatic rings. The Morgan fingerprint density at radius 3 is 2.38 bits per heavy atom. The molecule has 0 aliphatic heterocycles. The van der Waals surface area contributed by atoms with Crippen molar-refractivity contribution < 1.29 is 19.4 Å². The Hall–Kier alpha value is -2.30. The fraction of sp³-hybridized carbons (Fsp3) is 0.111. The zero-order valence-corrected chi connectivity index (χ0v) is 14.2. The molecule has 0 unspecified atom stereocenters. The Morgan fingerprint density at radius 2 is 1.79 bits per heavy atom. The fourth-order valence-corrected chi connectivity index (χ4v) is 2.32. The van der Waals surface area contributed by atoms with Crippen LogP contribution in [0.1, 0.15) is 22.8 Å². The maximum absolute atomic E-state index is 12.1. The summed E-state index contributed by atoms with van der Waals surface area (Å²) in [6.07, 6.45) is 2.06. The molecule has 0 heterocycles. The molecule has 0 spiro atoms. The number of carboxylic acids is 1. The van der Waals surface area contributed by atoms with Crippen LogP contribution in [0.5, 0.6) is 5.75 Å². The molecule has 0 amide bonds. The number of halogens is 2. The van der Waals surface area contributed by atoms with Crippen molar-refractivity contribution in [2.75, 3.05) is 0 Å². The van der Waals surface area contributed by atoms with Gasteiger partial charge in [0.05, 0.1) is 0 Å². The van der Waals surface area contributed by atoms with Crippen LogP contribution in [0.2, 0.25) is 10.0 Å². The van der Waals surface area contributed by atoms with Gasteiger partial charge in [0, 0.05) is 15.6 Å². The fourth-order valence-electron chi connectivity index (χ4n) is 1.85. The number of aliphatic carboxylic acids is 1. The standard InChI is InChI=1S/C18H14Cl2O4/c1-11(18(22)23)24-15-7-3-13(4-8-15)17(21)9-5-12-2-6-14(19)10-16(12)20/h2-11H,1H3,(H,22,23)/b9-5+/t11-/m0/s1. The summed E-state index contributed by atoms with van der Waals surface area (Å²) in [6.45, 7) is 1.43. The lowest BCUT2D eigenvalue weighted by molar-refractivity contribution is -0.144. The molecule has 1 N–H and O–H groups in total. The van der Waals surface area contributed by atoms with Crippen molar-refractivity contribution in [3.05, 3.63) is 69.7 Å². The smallest absolute Gasteiger partial charge is 0.344 e. The third kappa shape index (κ3) is 4.85. The number of ketones is 1. The van der Waals surface area contributed by atoms with E-state index in [1.807, 2.05) is 0 Å². The quantitative estimate of drug-likeness (QED) is 0.593. The Balaban J connectivity index is 2.07.